The van der Waals surface area contributed by atoms with E-state index in [1.807, 2.05) is 37.3 Å². The molecule has 0 unspecified atom stereocenters. The minimum atomic E-state index is -3.98. The molecule has 4 aromatic rings. The highest BCUT2D eigenvalue weighted by molar-refractivity contribution is 7.92. The molecule has 0 atom stereocenters. The van der Waals surface area contributed by atoms with Crippen molar-refractivity contribution in [2.75, 3.05) is 17.1 Å². The van der Waals surface area contributed by atoms with Gasteiger partial charge in [-0.15, -0.1) is 0 Å². The van der Waals surface area contributed by atoms with Crippen LogP contribution in [0.2, 0.25) is 0 Å². The van der Waals surface area contributed by atoms with E-state index >= 15 is 0 Å². The number of hydrogen-bond donors (Lipinski definition) is 2. The van der Waals surface area contributed by atoms with Crippen molar-refractivity contribution in [1.29, 1.82) is 0 Å². The van der Waals surface area contributed by atoms with Crippen LogP contribution in [-0.2, 0) is 21.2 Å². The molecule has 180 valence electrons. The van der Waals surface area contributed by atoms with Crippen LogP contribution in [0, 0.1) is 12.7 Å². The van der Waals surface area contributed by atoms with Crippen molar-refractivity contribution in [1.82, 2.24) is 4.98 Å². The predicted octanol–water partition coefficient (Wildman–Crippen LogP) is 5.25. The molecule has 0 bridgehead atoms. The molecule has 1 amide bonds. The van der Waals surface area contributed by atoms with Crippen LogP contribution < -0.4 is 14.8 Å². The number of carbonyl (C=O) groups is 1. The maximum atomic E-state index is 13.2. The Kier molecular flexibility index (Phi) is 7.13. The molecule has 0 radical (unpaired) electrons. The normalized spacial score (nSPS) is 11.2. The lowest BCUT2D eigenvalue weighted by molar-refractivity contribution is -0.115. The zero-order chi connectivity index (χ0) is 25.0. The van der Waals surface area contributed by atoms with Crippen molar-refractivity contribution in [2.24, 2.45) is 0 Å². The standard InChI is InChI=1S/C25H22FN3O4S2/c1-16-24(34-25(27-16)28-23(30)14-17-6-4-3-5-7-17)18-8-13-22(33-2)21(15-18)29-35(31,32)20-11-9-19(26)10-12-20/h3-13,15,29H,14H2,1-2H3,(H,27,28,30). The maximum absolute atomic E-state index is 13.2. The van der Waals surface area contributed by atoms with Gasteiger partial charge in [0.25, 0.3) is 10.0 Å². The van der Waals surface area contributed by atoms with Crippen molar-refractivity contribution in [3.63, 3.8) is 0 Å². The lowest BCUT2D eigenvalue weighted by Gasteiger charge is -2.13. The summed E-state index contributed by atoms with van der Waals surface area (Å²) in [4.78, 5) is 17.6. The summed E-state index contributed by atoms with van der Waals surface area (Å²) >= 11 is 1.29. The number of carbonyl (C=O) groups excluding carboxylic acids is 1. The zero-order valence-corrected chi connectivity index (χ0v) is 20.5. The molecular weight excluding hydrogens is 489 g/mol. The third-order valence-corrected chi connectivity index (χ3v) is 7.58. The van der Waals surface area contributed by atoms with Crippen LogP contribution in [0.5, 0.6) is 5.75 Å². The van der Waals surface area contributed by atoms with Crippen molar-refractivity contribution in [3.05, 3.63) is 89.9 Å². The molecule has 0 aliphatic carbocycles. The molecule has 3 aromatic carbocycles. The summed E-state index contributed by atoms with van der Waals surface area (Å²) in [5, 5.41) is 3.27. The molecule has 1 heterocycles. The topological polar surface area (TPSA) is 97.4 Å². The Morgan fingerprint density at radius 2 is 1.77 bits per heavy atom. The van der Waals surface area contributed by atoms with Gasteiger partial charge in [-0.25, -0.2) is 17.8 Å². The maximum Gasteiger partial charge on any atom is 0.262 e. The Morgan fingerprint density at radius 3 is 2.46 bits per heavy atom. The summed E-state index contributed by atoms with van der Waals surface area (Å²) in [6.45, 7) is 1.81. The van der Waals surface area contributed by atoms with Crippen LogP contribution in [-0.4, -0.2) is 26.4 Å². The number of hydrogen-bond acceptors (Lipinski definition) is 6. The van der Waals surface area contributed by atoms with E-state index in [2.05, 4.69) is 15.0 Å². The number of methoxy groups -OCH3 is 1. The number of rotatable bonds is 8. The predicted molar refractivity (Wildman–Crippen MR) is 135 cm³/mol. The van der Waals surface area contributed by atoms with Crippen LogP contribution in [0.25, 0.3) is 10.4 Å². The van der Waals surface area contributed by atoms with E-state index in [-0.39, 0.29) is 22.9 Å². The number of amides is 1. The van der Waals surface area contributed by atoms with E-state index < -0.39 is 15.8 Å². The van der Waals surface area contributed by atoms with E-state index in [4.69, 9.17) is 4.74 Å². The van der Waals surface area contributed by atoms with Gasteiger partial charge in [-0.3, -0.25) is 9.52 Å². The summed E-state index contributed by atoms with van der Waals surface area (Å²) in [6.07, 6.45) is 0.229. The minimum Gasteiger partial charge on any atom is -0.495 e. The van der Waals surface area contributed by atoms with Crippen LogP contribution >= 0.6 is 11.3 Å². The summed E-state index contributed by atoms with van der Waals surface area (Å²) < 4.78 is 46.7. The Bertz CT molecular complexity index is 1450. The molecular formula is C25H22FN3O4S2. The fraction of sp³-hybridized carbons (Fsp3) is 0.120. The second-order valence-corrected chi connectivity index (χ2v) is 10.3. The largest absolute Gasteiger partial charge is 0.495 e. The van der Waals surface area contributed by atoms with Gasteiger partial charge in [0.1, 0.15) is 11.6 Å². The van der Waals surface area contributed by atoms with Crippen molar-refractivity contribution in [2.45, 2.75) is 18.2 Å². The fourth-order valence-corrected chi connectivity index (χ4v) is 5.45. The number of halogens is 1. The lowest BCUT2D eigenvalue weighted by Crippen LogP contribution is -2.14. The summed E-state index contributed by atoms with van der Waals surface area (Å²) in [5.41, 5.74) is 2.49. The number of aromatic nitrogens is 1. The zero-order valence-electron chi connectivity index (χ0n) is 18.9. The van der Waals surface area contributed by atoms with Gasteiger partial charge in [0.2, 0.25) is 5.91 Å². The van der Waals surface area contributed by atoms with E-state index in [9.17, 15) is 17.6 Å². The molecule has 4 rings (SSSR count). The highest BCUT2D eigenvalue weighted by atomic mass is 32.2. The Morgan fingerprint density at radius 1 is 1.06 bits per heavy atom. The first kappa shape index (κ1) is 24.4. The number of benzene rings is 3. The molecule has 2 N–H and O–H groups in total. The number of sulfonamides is 1. The monoisotopic (exact) mass is 511 g/mol. The van der Waals surface area contributed by atoms with E-state index in [1.54, 1.807) is 18.2 Å². The van der Waals surface area contributed by atoms with Crippen LogP contribution in [0.4, 0.5) is 15.2 Å². The van der Waals surface area contributed by atoms with Gasteiger partial charge < -0.3 is 10.1 Å². The molecule has 0 aliphatic rings. The minimum absolute atomic E-state index is 0.0799. The number of anilines is 2. The van der Waals surface area contributed by atoms with Crippen molar-refractivity contribution >= 4 is 38.1 Å². The van der Waals surface area contributed by atoms with Gasteiger partial charge in [0.15, 0.2) is 5.13 Å². The van der Waals surface area contributed by atoms with Gasteiger partial charge in [-0.1, -0.05) is 41.7 Å². The van der Waals surface area contributed by atoms with Gasteiger partial charge in [0.05, 0.1) is 34.7 Å². The third kappa shape index (κ3) is 5.84. The Balaban J connectivity index is 1.58. The van der Waals surface area contributed by atoms with E-state index in [1.165, 1.54) is 30.6 Å². The number of aryl methyl sites for hydroxylation is 1. The summed E-state index contributed by atoms with van der Waals surface area (Å²) in [6, 6.07) is 19.0. The van der Waals surface area contributed by atoms with Crippen molar-refractivity contribution in [3.8, 4) is 16.2 Å². The first-order chi connectivity index (χ1) is 16.7. The average molecular weight is 512 g/mol. The van der Waals surface area contributed by atoms with Gasteiger partial charge >= 0.3 is 0 Å². The summed E-state index contributed by atoms with van der Waals surface area (Å²) in [7, 11) is -2.54. The highest BCUT2D eigenvalue weighted by Crippen LogP contribution is 2.37. The second-order valence-electron chi connectivity index (χ2n) is 7.62. The first-order valence-corrected chi connectivity index (χ1v) is 12.8. The number of nitrogens with zero attached hydrogens (tertiary/aromatic N) is 1. The van der Waals surface area contributed by atoms with Crippen LogP contribution in [0.15, 0.2) is 77.7 Å². The van der Waals surface area contributed by atoms with Gasteiger partial charge in [-0.2, -0.15) is 0 Å². The molecule has 0 saturated carbocycles. The second kappa shape index (κ2) is 10.2. The number of thiazole rings is 1. The van der Waals surface area contributed by atoms with Gasteiger partial charge in [0, 0.05) is 0 Å². The van der Waals surface area contributed by atoms with Crippen LogP contribution in [0.1, 0.15) is 11.3 Å². The molecule has 10 heteroatoms. The lowest BCUT2D eigenvalue weighted by atomic mass is 10.1. The fourth-order valence-electron chi connectivity index (χ4n) is 3.41. The third-order valence-electron chi connectivity index (χ3n) is 5.08. The van der Waals surface area contributed by atoms with E-state index in [0.29, 0.717) is 22.1 Å². The Hall–Kier alpha value is -3.76. The molecule has 7 nitrogen and oxygen atoms in total. The molecule has 0 fully saturated rings. The molecule has 1 aromatic heterocycles. The molecule has 0 aliphatic heterocycles. The highest BCUT2D eigenvalue weighted by Gasteiger charge is 2.19. The number of ether oxygens (including phenoxy) is 1. The number of nitrogens with one attached hydrogen (secondary N) is 2. The molecule has 35 heavy (non-hydrogen) atoms. The SMILES string of the molecule is COc1ccc(-c2sc(NC(=O)Cc3ccccc3)nc2C)cc1NS(=O)(=O)c1ccc(F)cc1. The Labute approximate surface area is 206 Å². The average Bonchev–Trinajstić information content (AvgIpc) is 3.19. The van der Waals surface area contributed by atoms with Crippen molar-refractivity contribution < 1.29 is 22.3 Å². The first-order valence-electron chi connectivity index (χ1n) is 10.5. The van der Waals surface area contributed by atoms with Crippen LogP contribution in [0.3, 0.4) is 0 Å². The van der Waals surface area contributed by atoms with E-state index in [0.717, 1.165) is 22.6 Å². The quantitative estimate of drug-likeness (QED) is 0.337. The van der Waals surface area contributed by atoms with Gasteiger partial charge in [-0.05, 0) is 60.5 Å². The smallest absolute Gasteiger partial charge is 0.262 e. The summed E-state index contributed by atoms with van der Waals surface area (Å²) in [5.74, 6) is -0.396. The molecule has 0 spiro atoms. The molecule has 0 saturated heterocycles.